The van der Waals surface area contributed by atoms with Crippen molar-refractivity contribution in [2.45, 2.75) is 75.5 Å². The number of halogens is 1. The topological polar surface area (TPSA) is 91.7 Å². The van der Waals surface area contributed by atoms with Crippen LogP contribution < -0.4 is 16.4 Å². The standard InChI is InChI=1S/C24H31ClN6/c25-22-12-15(21-14-28-24-20(21)2-1-11-27-24)13-23(31-22)30-19-9-7-18(8-10-19)29-17-5-3-16(26)4-6-17/h1-2,11-14,16-19,29H,3-10,26H2,(H,27,28)(H,30,31). The number of aromatic amines is 1. The van der Waals surface area contributed by atoms with Gasteiger partial charge in [0.15, 0.2) is 0 Å². The Morgan fingerprint density at radius 2 is 1.68 bits per heavy atom. The first kappa shape index (κ1) is 20.7. The van der Waals surface area contributed by atoms with Gasteiger partial charge < -0.3 is 21.4 Å². The molecule has 2 aliphatic rings. The van der Waals surface area contributed by atoms with Gasteiger partial charge in [0.1, 0.15) is 16.6 Å². The van der Waals surface area contributed by atoms with Crippen LogP contribution in [0.15, 0.2) is 36.7 Å². The van der Waals surface area contributed by atoms with Crippen molar-refractivity contribution < 1.29 is 0 Å². The van der Waals surface area contributed by atoms with E-state index in [1.54, 1.807) is 6.20 Å². The highest BCUT2D eigenvalue weighted by atomic mass is 35.5. The Morgan fingerprint density at radius 3 is 2.45 bits per heavy atom. The lowest BCUT2D eigenvalue weighted by Gasteiger charge is -2.35. The second-order valence-electron chi connectivity index (χ2n) is 9.14. The van der Waals surface area contributed by atoms with Gasteiger partial charge in [-0.05, 0) is 81.2 Å². The molecule has 164 valence electrons. The van der Waals surface area contributed by atoms with Crippen LogP contribution in [0.1, 0.15) is 51.4 Å². The zero-order valence-electron chi connectivity index (χ0n) is 17.8. The van der Waals surface area contributed by atoms with E-state index < -0.39 is 0 Å². The number of aromatic nitrogens is 3. The fraction of sp³-hybridized carbons (Fsp3) is 0.500. The number of hydrogen-bond donors (Lipinski definition) is 4. The molecule has 5 rings (SSSR count). The zero-order chi connectivity index (χ0) is 21.2. The molecule has 0 aliphatic heterocycles. The molecule has 3 aromatic heterocycles. The van der Waals surface area contributed by atoms with Crippen molar-refractivity contribution >= 4 is 28.5 Å². The summed E-state index contributed by atoms with van der Waals surface area (Å²) in [5.41, 5.74) is 9.07. The molecule has 0 saturated heterocycles. The minimum Gasteiger partial charge on any atom is -0.367 e. The number of H-pyrrole nitrogens is 1. The molecule has 0 unspecified atom stereocenters. The number of hydrogen-bond acceptors (Lipinski definition) is 5. The molecule has 7 heteroatoms. The second-order valence-corrected chi connectivity index (χ2v) is 9.52. The highest BCUT2D eigenvalue weighted by Crippen LogP contribution is 2.32. The lowest BCUT2D eigenvalue weighted by Crippen LogP contribution is -2.45. The summed E-state index contributed by atoms with van der Waals surface area (Å²) >= 11 is 6.38. The predicted octanol–water partition coefficient (Wildman–Crippen LogP) is 4.86. The van der Waals surface area contributed by atoms with E-state index in [0.717, 1.165) is 53.7 Å². The SMILES string of the molecule is NC1CCC(NC2CCC(Nc3cc(-c4c[nH]c5ncccc45)cc(Cl)n3)CC2)CC1. The molecular weight excluding hydrogens is 408 g/mol. The molecule has 0 spiro atoms. The van der Waals surface area contributed by atoms with Crippen LogP contribution >= 0.6 is 11.6 Å². The van der Waals surface area contributed by atoms with Gasteiger partial charge >= 0.3 is 0 Å². The Balaban J connectivity index is 1.21. The summed E-state index contributed by atoms with van der Waals surface area (Å²) in [5.74, 6) is 0.846. The lowest BCUT2D eigenvalue weighted by molar-refractivity contribution is 0.272. The van der Waals surface area contributed by atoms with Crippen LogP contribution in [0, 0.1) is 0 Å². The van der Waals surface area contributed by atoms with Crippen molar-refractivity contribution in [3.8, 4) is 11.1 Å². The molecule has 3 heterocycles. The average Bonchev–Trinajstić information content (AvgIpc) is 3.21. The quantitative estimate of drug-likeness (QED) is 0.427. The van der Waals surface area contributed by atoms with Crippen molar-refractivity contribution in [2.75, 3.05) is 5.32 Å². The van der Waals surface area contributed by atoms with Crippen LogP contribution in [0.3, 0.4) is 0 Å². The summed E-state index contributed by atoms with van der Waals surface area (Å²) in [6.45, 7) is 0. The Labute approximate surface area is 188 Å². The summed E-state index contributed by atoms with van der Waals surface area (Å²) in [5, 5.41) is 9.12. The van der Waals surface area contributed by atoms with Gasteiger partial charge in [0.2, 0.25) is 0 Å². The third kappa shape index (κ3) is 4.86. The molecule has 5 N–H and O–H groups in total. The van der Waals surface area contributed by atoms with Crippen molar-refractivity contribution in [3.05, 3.63) is 41.8 Å². The van der Waals surface area contributed by atoms with Crippen molar-refractivity contribution in [1.29, 1.82) is 0 Å². The van der Waals surface area contributed by atoms with E-state index in [9.17, 15) is 0 Å². The number of nitrogens with two attached hydrogens (primary N) is 1. The van der Waals surface area contributed by atoms with E-state index in [1.807, 2.05) is 18.3 Å². The molecule has 0 bridgehead atoms. The maximum Gasteiger partial charge on any atom is 0.137 e. The third-order valence-electron chi connectivity index (χ3n) is 6.88. The summed E-state index contributed by atoms with van der Waals surface area (Å²) in [6, 6.07) is 10.2. The summed E-state index contributed by atoms with van der Waals surface area (Å²) in [6.07, 6.45) is 13.2. The van der Waals surface area contributed by atoms with E-state index in [0.29, 0.717) is 29.3 Å². The first-order chi connectivity index (χ1) is 15.1. The minimum atomic E-state index is 0.411. The lowest BCUT2D eigenvalue weighted by atomic mass is 9.87. The van der Waals surface area contributed by atoms with Gasteiger partial charge in [-0.1, -0.05) is 11.6 Å². The van der Waals surface area contributed by atoms with Crippen LogP contribution in [0.2, 0.25) is 5.15 Å². The van der Waals surface area contributed by atoms with Gasteiger partial charge in [-0.15, -0.1) is 0 Å². The van der Waals surface area contributed by atoms with Gasteiger partial charge in [0.05, 0.1) is 0 Å². The van der Waals surface area contributed by atoms with Crippen LogP contribution in [-0.4, -0.2) is 39.1 Å². The largest absolute Gasteiger partial charge is 0.367 e. The highest BCUT2D eigenvalue weighted by molar-refractivity contribution is 6.29. The normalized spacial score (nSPS) is 26.8. The fourth-order valence-corrected chi connectivity index (χ4v) is 5.36. The molecule has 2 fully saturated rings. The van der Waals surface area contributed by atoms with E-state index >= 15 is 0 Å². The van der Waals surface area contributed by atoms with Gasteiger partial charge in [-0.2, -0.15) is 0 Å². The van der Waals surface area contributed by atoms with Crippen LogP contribution in [0.25, 0.3) is 22.2 Å². The van der Waals surface area contributed by atoms with Crippen molar-refractivity contribution in [2.24, 2.45) is 5.73 Å². The van der Waals surface area contributed by atoms with Gasteiger partial charge in [0, 0.05) is 47.5 Å². The number of fused-ring (bicyclic) bond motifs is 1. The van der Waals surface area contributed by atoms with Crippen LogP contribution in [0.5, 0.6) is 0 Å². The third-order valence-corrected chi connectivity index (χ3v) is 7.07. The predicted molar refractivity (Wildman–Crippen MR) is 127 cm³/mol. The maximum atomic E-state index is 6.38. The molecule has 2 aliphatic carbocycles. The highest BCUT2D eigenvalue weighted by Gasteiger charge is 2.25. The molecule has 0 atom stereocenters. The summed E-state index contributed by atoms with van der Waals surface area (Å²) in [4.78, 5) is 12.2. The van der Waals surface area contributed by atoms with Crippen molar-refractivity contribution in [3.63, 3.8) is 0 Å². The molecule has 31 heavy (non-hydrogen) atoms. The van der Waals surface area contributed by atoms with E-state index in [-0.39, 0.29) is 0 Å². The molecule has 2 saturated carbocycles. The molecule has 6 nitrogen and oxygen atoms in total. The Bertz CT molecular complexity index is 1020. The van der Waals surface area contributed by atoms with E-state index in [2.05, 4.69) is 37.7 Å². The van der Waals surface area contributed by atoms with Crippen molar-refractivity contribution in [1.82, 2.24) is 20.3 Å². The zero-order valence-corrected chi connectivity index (χ0v) is 18.5. The molecule has 3 aromatic rings. The molecular formula is C24H31ClN6. The number of rotatable bonds is 5. The van der Waals surface area contributed by atoms with E-state index in [4.69, 9.17) is 17.3 Å². The Hall–Kier alpha value is -2.15. The van der Waals surface area contributed by atoms with E-state index in [1.165, 1.54) is 25.7 Å². The Kier molecular flexibility index (Phi) is 6.12. The number of anilines is 1. The Morgan fingerprint density at radius 1 is 0.968 bits per heavy atom. The average molecular weight is 439 g/mol. The maximum absolute atomic E-state index is 6.38. The van der Waals surface area contributed by atoms with Gasteiger partial charge in [-0.25, -0.2) is 9.97 Å². The molecule has 0 radical (unpaired) electrons. The number of pyridine rings is 2. The first-order valence-electron chi connectivity index (χ1n) is 11.5. The molecule has 0 amide bonds. The fourth-order valence-electron chi connectivity index (χ4n) is 5.15. The number of nitrogens with one attached hydrogen (secondary N) is 3. The van der Waals surface area contributed by atoms with Crippen LogP contribution in [0.4, 0.5) is 5.82 Å². The minimum absolute atomic E-state index is 0.411. The first-order valence-corrected chi connectivity index (χ1v) is 11.9. The second kappa shape index (κ2) is 9.15. The monoisotopic (exact) mass is 438 g/mol. The molecule has 0 aromatic carbocycles. The summed E-state index contributed by atoms with van der Waals surface area (Å²) < 4.78 is 0. The van der Waals surface area contributed by atoms with Gasteiger partial charge in [0.25, 0.3) is 0 Å². The van der Waals surface area contributed by atoms with Crippen LogP contribution in [-0.2, 0) is 0 Å². The number of nitrogens with zero attached hydrogens (tertiary/aromatic N) is 2. The smallest absolute Gasteiger partial charge is 0.137 e. The summed E-state index contributed by atoms with van der Waals surface area (Å²) in [7, 11) is 0. The van der Waals surface area contributed by atoms with Gasteiger partial charge in [-0.3, -0.25) is 0 Å².